The number of hydrogen-bond acceptors (Lipinski definition) is 8. The van der Waals surface area contributed by atoms with E-state index < -0.39 is 0 Å². The number of benzene rings is 1. The molecule has 214 valence electrons. The van der Waals surface area contributed by atoms with Crippen LogP contribution in [0.4, 0.5) is 15.8 Å². The summed E-state index contributed by atoms with van der Waals surface area (Å²) in [4.78, 5) is 23.9. The van der Waals surface area contributed by atoms with Gasteiger partial charge in [0.1, 0.15) is 11.5 Å². The molecule has 0 spiro atoms. The lowest BCUT2D eigenvalue weighted by Gasteiger charge is -2.12. The second-order valence-corrected chi connectivity index (χ2v) is 10.9. The summed E-state index contributed by atoms with van der Waals surface area (Å²) in [5, 5.41) is 12.4. The summed E-state index contributed by atoms with van der Waals surface area (Å²) >= 11 is 0. The number of likely N-dealkylation sites (N-methyl/N-ethyl adjacent to an activating group) is 1. The van der Waals surface area contributed by atoms with Gasteiger partial charge in [0, 0.05) is 67.0 Å². The largest absolute Gasteiger partial charge is 0.384 e. The molecule has 0 aliphatic heterocycles. The van der Waals surface area contributed by atoms with Crippen molar-refractivity contribution in [1.82, 2.24) is 39.6 Å². The molecule has 11 heteroatoms. The van der Waals surface area contributed by atoms with E-state index in [4.69, 9.17) is 15.1 Å². The van der Waals surface area contributed by atoms with Crippen molar-refractivity contribution in [3.8, 4) is 33.9 Å². The van der Waals surface area contributed by atoms with Crippen molar-refractivity contribution in [2.45, 2.75) is 19.9 Å². The zero-order valence-corrected chi connectivity index (χ0v) is 24.3. The van der Waals surface area contributed by atoms with E-state index in [-0.39, 0.29) is 11.9 Å². The van der Waals surface area contributed by atoms with Crippen molar-refractivity contribution < 1.29 is 4.39 Å². The summed E-state index contributed by atoms with van der Waals surface area (Å²) in [5.41, 5.74) is 7.72. The van der Waals surface area contributed by atoms with Gasteiger partial charge in [0.05, 0.1) is 40.3 Å². The third kappa shape index (κ3) is 5.51. The maximum Gasteiger partial charge on any atom is 0.159 e. The van der Waals surface area contributed by atoms with Gasteiger partial charge >= 0.3 is 0 Å². The second-order valence-electron chi connectivity index (χ2n) is 10.9. The zero-order chi connectivity index (χ0) is 29.4. The first-order valence-electron chi connectivity index (χ1n) is 13.8. The van der Waals surface area contributed by atoms with Crippen LogP contribution in [-0.2, 0) is 7.05 Å². The number of aryl methyl sites for hydroxylation is 1. The number of anilines is 2. The van der Waals surface area contributed by atoms with E-state index in [2.05, 4.69) is 44.3 Å². The van der Waals surface area contributed by atoms with Gasteiger partial charge in [0.15, 0.2) is 5.82 Å². The lowest BCUT2D eigenvalue weighted by molar-refractivity contribution is 0.425. The molecule has 0 saturated carbocycles. The Bertz CT molecular complexity index is 1890. The van der Waals surface area contributed by atoms with Crippen LogP contribution in [0.1, 0.15) is 13.8 Å². The summed E-state index contributed by atoms with van der Waals surface area (Å²) in [5.74, 6) is 0.265. The highest BCUT2D eigenvalue weighted by Crippen LogP contribution is 2.34. The zero-order valence-electron chi connectivity index (χ0n) is 24.3. The fraction of sp³-hybridized carbons (Fsp3) is 0.258. The molecule has 5 heterocycles. The average Bonchev–Trinajstić information content (AvgIpc) is 3.53. The molecular weight excluding hydrogens is 531 g/mol. The maximum absolute atomic E-state index is 14.7. The monoisotopic (exact) mass is 564 g/mol. The van der Waals surface area contributed by atoms with Gasteiger partial charge in [-0.3, -0.25) is 19.6 Å². The first-order chi connectivity index (χ1) is 20.2. The molecule has 0 aliphatic rings. The molecule has 0 atom stereocenters. The molecule has 42 heavy (non-hydrogen) atoms. The quantitative estimate of drug-likeness (QED) is 0.209. The van der Waals surface area contributed by atoms with Crippen LogP contribution in [0.25, 0.3) is 55.8 Å². The normalized spacial score (nSPS) is 11.7. The van der Waals surface area contributed by atoms with Crippen LogP contribution >= 0.6 is 0 Å². The van der Waals surface area contributed by atoms with Crippen molar-refractivity contribution in [3.63, 3.8) is 0 Å². The highest BCUT2D eigenvalue weighted by atomic mass is 19.1. The van der Waals surface area contributed by atoms with Crippen molar-refractivity contribution >= 4 is 33.3 Å². The fourth-order valence-electron chi connectivity index (χ4n) is 5.01. The molecule has 0 fully saturated rings. The van der Waals surface area contributed by atoms with Gasteiger partial charge in [-0.1, -0.05) is 0 Å². The van der Waals surface area contributed by atoms with E-state index in [1.165, 1.54) is 12.1 Å². The number of H-pyrrole nitrogens is 1. The van der Waals surface area contributed by atoms with Gasteiger partial charge in [-0.05, 0) is 63.8 Å². The molecule has 0 unspecified atom stereocenters. The maximum atomic E-state index is 14.7. The van der Waals surface area contributed by atoms with E-state index >= 15 is 0 Å². The van der Waals surface area contributed by atoms with Crippen LogP contribution in [0, 0.1) is 5.82 Å². The van der Waals surface area contributed by atoms with Crippen LogP contribution in [0.3, 0.4) is 0 Å². The fourth-order valence-corrected chi connectivity index (χ4v) is 5.01. The summed E-state index contributed by atoms with van der Waals surface area (Å²) in [6.07, 6.45) is 8.87. The predicted octanol–water partition coefficient (Wildman–Crippen LogP) is 5.57. The molecule has 6 rings (SSSR count). The van der Waals surface area contributed by atoms with Gasteiger partial charge in [-0.25, -0.2) is 9.37 Å². The van der Waals surface area contributed by atoms with E-state index in [0.29, 0.717) is 34.8 Å². The number of halogens is 1. The number of pyridine rings is 3. The number of aromatic amines is 1. The lowest BCUT2D eigenvalue weighted by atomic mass is 10.1. The Balaban J connectivity index is 1.40. The molecule has 6 aromatic rings. The van der Waals surface area contributed by atoms with E-state index in [9.17, 15) is 4.39 Å². The minimum atomic E-state index is -0.328. The van der Waals surface area contributed by atoms with Crippen LogP contribution in [0.15, 0.2) is 61.3 Å². The summed E-state index contributed by atoms with van der Waals surface area (Å²) in [7, 11) is 5.89. The molecule has 10 nitrogen and oxygen atoms in total. The summed E-state index contributed by atoms with van der Waals surface area (Å²) < 4.78 is 16.5. The number of imidazole rings is 1. The highest BCUT2D eigenvalue weighted by molar-refractivity contribution is 5.97. The number of hydrogen-bond donors (Lipinski definition) is 3. The van der Waals surface area contributed by atoms with Crippen LogP contribution in [0.2, 0.25) is 0 Å². The molecule has 0 aliphatic carbocycles. The van der Waals surface area contributed by atoms with Gasteiger partial charge in [0.25, 0.3) is 0 Å². The van der Waals surface area contributed by atoms with Gasteiger partial charge < -0.3 is 20.5 Å². The summed E-state index contributed by atoms with van der Waals surface area (Å²) in [6.45, 7) is 5.70. The van der Waals surface area contributed by atoms with Crippen LogP contribution in [-0.4, -0.2) is 72.8 Å². The van der Waals surface area contributed by atoms with Gasteiger partial charge in [-0.2, -0.15) is 5.10 Å². The van der Waals surface area contributed by atoms with E-state index in [0.717, 1.165) is 45.5 Å². The molecule has 0 bridgehead atoms. The number of nitrogens with one attached hydrogen (secondary N) is 3. The highest BCUT2D eigenvalue weighted by Gasteiger charge is 2.19. The SMILES string of the molecule is CC(C)Nc1cncc(-c2cc3c(-c4nc5c(-c6cc(F)cc(NCCN(C)C)c6)cncc5[nH]4)nn(C)c3cn2)c1. The van der Waals surface area contributed by atoms with Crippen LogP contribution in [0.5, 0.6) is 0 Å². The molecule has 0 saturated heterocycles. The smallest absolute Gasteiger partial charge is 0.159 e. The standard InChI is InChI=1S/C31H33FN10/c1-18(2)37-23-10-20(13-33-14-23)26-12-24-28(17-36-26)42(5)40-30(24)31-38-27-16-34-15-25(29(27)39-31)19-8-21(32)11-22(9-19)35-6-7-41(3)4/h8-18,35,37H,6-7H2,1-5H3,(H,38,39). The van der Waals surface area contributed by atoms with Crippen LogP contribution < -0.4 is 10.6 Å². The molecule has 0 amide bonds. The molecule has 5 aromatic heterocycles. The minimum Gasteiger partial charge on any atom is -0.384 e. The Labute approximate surface area is 243 Å². The van der Waals surface area contributed by atoms with Crippen molar-refractivity contribution in [3.05, 3.63) is 67.1 Å². The Hall–Kier alpha value is -4.90. The van der Waals surface area contributed by atoms with E-state index in [1.54, 1.807) is 29.5 Å². The third-order valence-corrected chi connectivity index (χ3v) is 6.94. The topological polar surface area (TPSA) is 112 Å². The minimum absolute atomic E-state index is 0.285. The predicted molar refractivity (Wildman–Crippen MR) is 166 cm³/mol. The second kappa shape index (κ2) is 11.2. The third-order valence-electron chi connectivity index (χ3n) is 6.94. The molecule has 1 aromatic carbocycles. The van der Waals surface area contributed by atoms with Crippen molar-refractivity contribution in [2.24, 2.45) is 7.05 Å². The van der Waals surface area contributed by atoms with Crippen molar-refractivity contribution in [2.75, 3.05) is 37.8 Å². The first-order valence-corrected chi connectivity index (χ1v) is 13.8. The van der Waals surface area contributed by atoms with Gasteiger partial charge in [-0.15, -0.1) is 0 Å². The molecule has 3 N–H and O–H groups in total. The number of rotatable bonds is 9. The van der Waals surface area contributed by atoms with Gasteiger partial charge in [0.2, 0.25) is 0 Å². The molecule has 0 radical (unpaired) electrons. The number of fused-ring (bicyclic) bond motifs is 2. The first kappa shape index (κ1) is 27.3. The number of nitrogens with zero attached hydrogens (tertiary/aromatic N) is 7. The number of aromatic nitrogens is 7. The Morgan fingerprint density at radius 2 is 1.76 bits per heavy atom. The van der Waals surface area contributed by atoms with E-state index in [1.807, 2.05) is 45.5 Å². The Morgan fingerprint density at radius 3 is 2.57 bits per heavy atom. The Kier molecular flexibility index (Phi) is 7.26. The lowest BCUT2D eigenvalue weighted by Crippen LogP contribution is -2.20. The molecular formula is C31H33FN10. The average molecular weight is 565 g/mol. The summed E-state index contributed by atoms with van der Waals surface area (Å²) in [6, 6.07) is 9.27. The van der Waals surface area contributed by atoms with Crippen molar-refractivity contribution in [1.29, 1.82) is 0 Å². The Morgan fingerprint density at radius 1 is 0.952 bits per heavy atom.